The quantitative estimate of drug-likeness (QED) is 0.615. The maximum absolute atomic E-state index is 10.7. The number of benzene rings is 1. The Morgan fingerprint density at radius 2 is 2.38 bits per heavy atom. The van der Waals surface area contributed by atoms with E-state index in [-0.39, 0.29) is 17.7 Å². The van der Waals surface area contributed by atoms with E-state index in [0.29, 0.717) is 5.75 Å². The standard InChI is InChI=1S/C10H10N2O4/c1-16-7-2-3-9(12(14)15)8(6-7)10(13)4-5-11/h2-3,6,10,13H,4H2,1H3. The van der Waals surface area contributed by atoms with Crippen LogP contribution in [-0.4, -0.2) is 17.1 Å². The summed E-state index contributed by atoms with van der Waals surface area (Å²) in [5.41, 5.74) is -0.130. The van der Waals surface area contributed by atoms with E-state index in [1.54, 1.807) is 6.07 Å². The molecule has 0 aliphatic carbocycles. The fourth-order valence-corrected chi connectivity index (χ4v) is 1.29. The van der Waals surface area contributed by atoms with Gasteiger partial charge in [0.2, 0.25) is 0 Å². The minimum Gasteiger partial charge on any atom is -0.497 e. The minimum atomic E-state index is -1.18. The van der Waals surface area contributed by atoms with Crippen LogP contribution >= 0.6 is 0 Å². The first-order valence-electron chi connectivity index (χ1n) is 4.47. The molecule has 1 unspecified atom stereocenters. The second kappa shape index (κ2) is 5.09. The number of hydrogen-bond donors (Lipinski definition) is 1. The van der Waals surface area contributed by atoms with Crippen molar-refractivity contribution in [2.24, 2.45) is 0 Å². The van der Waals surface area contributed by atoms with Crippen LogP contribution in [0.5, 0.6) is 5.75 Å². The highest BCUT2D eigenvalue weighted by molar-refractivity contribution is 5.46. The molecule has 0 fully saturated rings. The first-order chi connectivity index (χ1) is 7.60. The van der Waals surface area contributed by atoms with Gasteiger partial charge in [0.05, 0.1) is 36.2 Å². The molecule has 0 saturated carbocycles. The van der Waals surface area contributed by atoms with Crippen LogP contribution in [-0.2, 0) is 0 Å². The highest BCUT2D eigenvalue weighted by Crippen LogP contribution is 2.30. The van der Waals surface area contributed by atoms with Crippen molar-refractivity contribution in [2.75, 3.05) is 7.11 Å². The zero-order chi connectivity index (χ0) is 12.1. The van der Waals surface area contributed by atoms with Crippen molar-refractivity contribution in [1.29, 1.82) is 5.26 Å². The lowest BCUT2D eigenvalue weighted by atomic mass is 10.0. The second-order valence-corrected chi connectivity index (χ2v) is 3.06. The van der Waals surface area contributed by atoms with Crippen LogP contribution in [0.25, 0.3) is 0 Å². The Hall–Kier alpha value is -2.13. The lowest BCUT2D eigenvalue weighted by molar-refractivity contribution is -0.386. The SMILES string of the molecule is COc1ccc([N+](=O)[O-])c(C(O)CC#N)c1. The van der Waals surface area contributed by atoms with Gasteiger partial charge in [-0.05, 0) is 12.1 Å². The van der Waals surface area contributed by atoms with Crippen molar-refractivity contribution in [3.63, 3.8) is 0 Å². The summed E-state index contributed by atoms with van der Waals surface area (Å²) in [7, 11) is 1.42. The van der Waals surface area contributed by atoms with Gasteiger partial charge in [-0.3, -0.25) is 10.1 Å². The molecular formula is C10H10N2O4. The third kappa shape index (κ3) is 2.46. The molecule has 84 valence electrons. The zero-order valence-electron chi connectivity index (χ0n) is 8.58. The molecular weight excluding hydrogens is 212 g/mol. The number of nitrogens with zero attached hydrogens (tertiary/aromatic N) is 2. The maximum Gasteiger partial charge on any atom is 0.275 e. The van der Waals surface area contributed by atoms with E-state index in [1.165, 1.54) is 25.3 Å². The Bertz CT molecular complexity index is 439. The fourth-order valence-electron chi connectivity index (χ4n) is 1.29. The van der Waals surface area contributed by atoms with E-state index in [9.17, 15) is 15.2 Å². The largest absolute Gasteiger partial charge is 0.497 e. The highest BCUT2D eigenvalue weighted by Gasteiger charge is 2.20. The summed E-state index contributed by atoms with van der Waals surface area (Å²) in [4.78, 5) is 10.1. The number of nitro benzene ring substituents is 1. The summed E-state index contributed by atoms with van der Waals surface area (Å²) in [6.45, 7) is 0. The van der Waals surface area contributed by atoms with Crippen molar-refractivity contribution in [2.45, 2.75) is 12.5 Å². The summed E-state index contributed by atoms with van der Waals surface area (Å²) in [6, 6.07) is 5.79. The van der Waals surface area contributed by atoms with Gasteiger partial charge in [0, 0.05) is 6.07 Å². The molecule has 1 atom stereocenters. The first-order valence-corrected chi connectivity index (χ1v) is 4.47. The van der Waals surface area contributed by atoms with Crippen molar-refractivity contribution in [1.82, 2.24) is 0 Å². The average molecular weight is 222 g/mol. The van der Waals surface area contributed by atoms with Crippen molar-refractivity contribution in [3.05, 3.63) is 33.9 Å². The van der Waals surface area contributed by atoms with Crippen molar-refractivity contribution < 1.29 is 14.8 Å². The molecule has 0 aliphatic heterocycles. The molecule has 0 aromatic heterocycles. The third-order valence-corrected chi connectivity index (χ3v) is 2.08. The number of nitriles is 1. The molecule has 1 aromatic carbocycles. The van der Waals surface area contributed by atoms with Gasteiger partial charge in [0.25, 0.3) is 5.69 Å². The first kappa shape index (κ1) is 11.9. The molecule has 1 N–H and O–H groups in total. The number of aliphatic hydroxyl groups excluding tert-OH is 1. The molecule has 0 spiro atoms. The van der Waals surface area contributed by atoms with Gasteiger partial charge in [-0.2, -0.15) is 5.26 Å². The number of methoxy groups -OCH3 is 1. The van der Waals surface area contributed by atoms with E-state index in [4.69, 9.17) is 10.00 Å². The number of hydrogen-bond acceptors (Lipinski definition) is 5. The van der Waals surface area contributed by atoms with Crippen LogP contribution in [0.4, 0.5) is 5.69 Å². The van der Waals surface area contributed by atoms with E-state index in [2.05, 4.69) is 0 Å². The highest BCUT2D eigenvalue weighted by atomic mass is 16.6. The Kier molecular flexibility index (Phi) is 3.80. The number of aliphatic hydroxyl groups is 1. The molecule has 0 heterocycles. The molecule has 1 aromatic rings. The Labute approximate surface area is 91.8 Å². The lowest BCUT2D eigenvalue weighted by Crippen LogP contribution is -2.02. The van der Waals surface area contributed by atoms with Gasteiger partial charge in [-0.1, -0.05) is 0 Å². The van der Waals surface area contributed by atoms with Crippen LogP contribution in [0.2, 0.25) is 0 Å². The summed E-state index contributed by atoms with van der Waals surface area (Å²) >= 11 is 0. The third-order valence-electron chi connectivity index (χ3n) is 2.08. The van der Waals surface area contributed by atoms with Crippen molar-refractivity contribution >= 4 is 5.69 Å². The van der Waals surface area contributed by atoms with Crippen molar-refractivity contribution in [3.8, 4) is 11.8 Å². The van der Waals surface area contributed by atoms with E-state index < -0.39 is 11.0 Å². The van der Waals surface area contributed by atoms with Gasteiger partial charge in [-0.25, -0.2) is 0 Å². The van der Waals surface area contributed by atoms with Gasteiger partial charge >= 0.3 is 0 Å². The average Bonchev–Trinajstić information content (AvgIpc) is 2.28. The minimum absolute atomic E-state index is 0.0888. The summed E-state index contributed by atoms with van der Waals surface area (Å²) < 4.78 is 4.90. The van der Waals surface area contributed by atoms with Crippen LogP contribution in [0.1, 0.15) is 18.1 Å². The molecule has 0 radical (unpaired) electrons. The van der Waals surface area contributed by atoms with Crippen LogP contribution in [0, 0.1) is 21.4 Å². The zero-order valence-corrected chi connectivity index (χ0v) is 8.58. The van der Waals surface area contributed by atoms with Gasteiger partial charge in [0.1, 0.15) is 5.75 Å². The lowest BCUT2D eigenvalue weighted by Gasteiger charge is -2.09. The molecule has 0 bridgehead atoms. The molecule has 0 aliphatic rings. The molecule has 6 heteroatoms. The van der Waals surface area contributed by atoms with Crippen LogP contribution in [0.3, 0.4) is 0 Å². The second-order valence-electron chi connectivity index (χ2n) is 3.06. The van der Waals surface area contributed by atoms with E-state index in [0.717, 1.165) is 0 Å². The van der Waals surface area contributed by atoms with Gasteiger partial charge < -0.3 is 9.84 Å². The van der Waals surface area contributed by atoms with Gasteiger partial charge in [0.15, 0.2) is 0 Å². The maximum atomic E-state index is 10.7. The molecule has 16 heavy (non-hydrogen) atoms. The number of ether oxygens (including phenoxy) is 1. The van der Waals surface area contributed by atoms with Gasteiger partial charge in [-0.15, -0.1) is 0 Å². The topological polar surface area (TPSA) is 96.4 Å². The molecule has 1 rings (SSSR count). The van der Waals surface area contributed by atoms with E-state index >= 15 is 0 Å². The Morgan fingerprint density at radius 1 is 1.69 bits per heavy atom. The number of nitro groups is 1. The Morgan fingerprint density at radius 3 is 2.88 bits per heavy atom. The summed E-state index contributed by atoms with van der Waals surface area (Å²) in [6.07, 6.45) is -1.38. The molecule has 6 nitrogen and oxygen atoms in total. The summed E-state index contributed by atoms with van der Waals surface area (Å²) in [5, 5.41) is 28.7. The predicted molar refractivity (Wildman–Crippen MR) is 54.8 cm³/mol. The monoisotopic (exact) mass is 222 g/mol. The fraction of sp³-hybridized carbons (Fsp3) is 0.300. The number of rotatable bonds is 4. The predicted octanol–water partition coefficient (Wildman–Crippen LogP) is 1.55. The van der Waals surface area contributed by atoms with E-state index in [1.807, 2.05) is 0 Å². The summed E-state index contributed by atoms with van der Waals surface area (Å²) in [5.74, 6) is 0.401. The smallest absolute Gasteiger partial charge is 0.275 e. The molecule has 0 saturated heterocycles. The van der Waals surface area contributed by atoms with Crippen LogP contribution < -0.4 is 4.74 Å². The molecule has 0 amide bonds. The normalized spacial score (nSPS) is 11.6. The van der Waals surface area contributed by atoms with Crippen LogP contribution in [0.15, 0.2) is 18.2 Å². The Balaban J connectivity index is 3.20.